The van der Waals surface area contributed by atoms with E-state index in [1.807, 2.05) is 5.70 Å². The highest BCUT2D eigenvalue weighted by molar-refractivity contribution is 14.1. The van der Waals surface area contributed by atoms with Gasteiger partial charge in [0.1, 0.15) is 0 Å². The molecule has 1 nitrogen and oxygen atoms in total. The topological polar surface area (TPSA) is 9.23 Å². The zero-order valence-electron chi connectivity index (χ0n) is 7.85. The van der Waals surface area contributed by atoms with Gasteiger partial charge in [-0.15, -0.1) is 6.58 Å². The van der Waals surface area contributed by atoms with Gasteiger partial charge in [0.15, 0.2) is 0 Å². The third-order valence-electron chi connectivity index (χ3n) is 2.32. The lowest BCUT2D eigenvalue weighted by atomic mass is 10.3. The summed E-state index contributed by atoms with van der Waals surface area (Å²) in [5.41, 5.74) is 2.02. The molecule has 0 saturated heterocycles. The lowest BCUT2D eigenvalue weighted by molar-refractivity contribution is 0.214. The summed E-state index contributed by atoms with van der Waals surface area (Å²) < 4.78 is 6.80. The predicted octanol–water partition coefficient (Wildman–Crippen LogP) is 3.29. The minimum atomic E-state index is -1.53. The first-order valence-corrected chi connectivity index (χ1v) is 8.74. The van der Waals surface area contributed by atoms with Crippen molar-refractivity contribution in [2.75, 3.05) is 0 Å². The van der Waals surface area contributed by atoms with Crippen molar-refractivity contribution in [3.8, 4) is 0 Å². The van der Waals surface area contributed by atoms with Crippen LogP contribution < -0.4 is 0 Å². The Balaban J connectivity index is 2.44. The van der Waals surface area contributed by atoms with Crippen LogP contribution in [0, 0.1) is 0 Å². The fourth-order valence-corrected chi connectivity index (χ4v) is 3.83. The summed E-state index contributed by atoms with van der Waals surface area (Å²) in [7, 11) is -1.53. The van der Waals surface area contributed by atoms with Crippen LogP contribution in [0.5, 0.6) is 0 Å². The molecule has 12 heavy (non-hydrogen) atoms. The molecule has 0 spiro atoms. The fraction of sp³-hybridized carbons (Fsp3) is 0.778. The third kappa shape index (κ3) is 2.85. The quantitative estimate of drug-likeness (QED) is 0.441. The Morgan fingerprint density at radius 2 is 2.17 bits per heavy atom. The van der Waals surface area contributed by atoms with Crippen LogP contribution in [0.15, 0.2) is 12.3 Å². The van der Waals surface area contributed by atoms with Crippen molar-refractivity contribution >= 4 is 30.9 Å². The molecule has 0 N–H and O–H groups in total. The first-order valence-electron chi connectivity index (χ1n) is 4.50. The van der Waals surface area contributed by atoms with E-state index in [4.69, 9.17) is 4.43 Å². The minimum Gasteiger partial charge on any atom is -0.410 e. The first-order chi connectivity index (χ1) is 5.55. The normalized spacial score (nSPS) is 30.6. The zero-order chi connectivity index (χ0) is 9.19. The van der Waals surface area contributed by atoms with E-state index in [-0.39, 0.29) is 0 Å². The highest BCUT2D eigenvalue weighted by Crippen LogP contribution is 2.30. The van der Waals surface area contributed by atoms with Gasteiger partial charge in [-0.05, 0) is 32.4 Å². The molecule has 0 aliphatic heterocycles. The highest BCUT2D eigenvalue weighted by Gasteiger charge is 2.30. The maximum atomic E-state index is 6.07. The van der Waals surface area contributed by atoms with Crippen molar-refractivity contribution in [3.63, 3.8) is 0 Å². The Labute approximate surface area is 89.8 Å². The van der Waals surface area contributed by atoms with Crippen LogP contribution in [-0.4, -0.2) is 18.3 Å². The van der Waals surface area contributed by atoms with Gasteiger partial charge in [0.25, 0.3) is 0 Å². The summed E-state index contributed by atoms with van der Waals surface area (Å²) in [4.78, 5) is 0. The molecule has 0 amide bonds. The van der Waals surface area contributed by atoms with Gasteiger partial charge in [-0.1, -0.05) is 28.3 Å². The largest absolute Gasteiger partial charge is 0.410 e. The molecule has 1 aliphatic carbocycles. The molecule has 0 aromatic heterocycles. The zero-order valence-corrected chi connectivity index (χ0v) is 11.0. The molecule has 0 bridgehead atoms. The molecule has 2 atom stereocenters. The molecule has 1 rings (SSSR count). The monoisotopic (exact) mass is 296 g/mol. The molecular formula is C9H17IOSi. The van der Waals surface area contributed by atoms with E-state index < -0.39 is 8.32 Å². The van der Waals surface area contributed by atoms with Crippen LogP contribution in [0.4, 0.5) is 0 Å². The van der Waals surface area contributed by atoms with Gasteiger partial charge in [0.2, 0.25) is 8.32 Å². The van der Waals surface area contributed by atoms with Gasteiger partial charge in [0, 0.05) is 3.92 Å². The minimum absolute atomic E-state index is 0.505. The average Bonchev–Trinajstić information content (AvgIpc) is 2.36. The number of hydrogen-bond donors (Lipinski definition) is 0. The van der Waals surface area contributed by atoms with E-state index in [2.05, 4.69) is 42.3 Å². The van der Waals surface area contributed by atoms with Gasteiger partial charge in [-0.25, -0.2) is 0 Å². The maximum Gasteiger partial charge on any atom is 0.210 e. The lowest BCUT2D eigenvalue weighted by Gasteiger charge is -2.25. The molecule has 3 heteroatoms. The average molecular weight is 296 g/mol. The Hall–Kier alpha value is 0.647. The first kappa shape index (κ1) is 10.7. The molecule has 0 unspecified atom stereocenters. The molecule has 1 aliphatic rings. The van der Waals surface area contributed by atoms with E-state index >= 15 is 0 Å². The van der Waals surface area contributed by atoms with E-state index in [1.54, 1.807) is 0 Å². The fourth-order valence-electron chi connectivity index (χ4n) is 1.45. The molecule has 0 aromatic rings. The molecule has 1 saturated carbocycles. The summed E-state index contributed by atoms with van der Waals surface area (Å²) in [5, 5.41) is 0. The van der Waals surface area contributed by atoms with Crippen LogP contribution >= 0.6 is 22.6 Å². The number of rotatable bonds is 3. The Bertz CT molecular complexity index is 170. The van der Waals surface area contributed by atoms with Crippen LogP contribution in [0.1, 0.15) is 19.3 Å². The molecular weight excluding hydrogens is 279 g/mol. The predicted molar refractivity (Wildman–Crippen MR) is 64.2 cm³/mol. The molecule has 0 heterocycles. The summed E-state index contributed by atoms with van der Waals surface area (Å²) in [6, 6.07) is 0. The van der Waals surface area contributed by atoms with Gasteiger partial charge in [0.05, 0.1) is 6.10 Å². The molecule has 70 valence electrons. The van der Waals surface area contributed by atoms with Crippen molar-refractivity contribution < 1.29 is 4.43 Å². The second kappa shape index (κ2) is 4.24. The standard InChI is InChI=1S/C9H17IOSi/c1-4-12(2,3)11-9-7-5-6-8(9)10/h4,8-9H,1,5-7H2,2-3H3/t8-,9-/m0/s1. The van der Waals surface area contributed by atoms with Gasteiger partial charge in [-0.3, -0.25) is 0 Å². The van der Waals surface area contributed by atoms with Crippen molar-refractivity contribution in [1.29, 1.82) is 0 Å². The lowest BCUT2D eigenvalue weighted by Crippen LogP contribution is -2.35. The van der Waals surface area contributed by atoms with Gasteiger partial charge >= 0.3 is 0 Å². The second-order valence-corrected chi connectivity index (χ2v) is 9.36. The van der Waals surface area contributed by atoms with Gasteiger partial charge in [-0.2, -0.15) is 0 Å². The van der Waals surface area contributed by atoms with E-state index in [1.165, 1.54) is 19.3 Å². The number of alkyl halides is 1. The van der Waals surface area contributed by atoms with E-state index in [0.717, 1.165) is 3.92 Å². The number of halogens is 1. The molecule has 1 fully saturated rings. The SMILES string of the molecule is C=C[Si](C)(C)O[C@H]1CCC[C@@H]1I. The van der Waals surface area contributed by atoms with Crippen molar-refractivity contribution in [2.45, 2.75) is 42.4 Å². The summed E-state index contributed by atoms with van der Waals surface area (Å²) in [5.74, 6) is 0. The Morgan fingerprint density at radius 3 is 2.58 bits per heavy atom. The Kier molecular flexibility index (Phi) is 3.79. The smallest absolute Gasteiger partial charge is 0.210 e. The van der Waals surface area contributed by atoms with Crippen LogP contribution in [0.3, 0.4) is 0 Å². The number of hydrogen-bond acceptors (Lipinski definition) is 1. The van der Waals surface area contributed by atoms with Crippen molar-refractivity contribution in [1.82, 2.24) is 0 Å². The van der Waals surface area contributed by atoms with Crippen molar-refractivity contribution in [3.05, 3.63) is 12.3 Å². The maximum absolute atomic E-state index is 6.07. The highest BCUT2D eigenvalue weighted by atomic mass is 127. The van der Waals surface area contributed by atoms with Crippen LogP contribution in [-0.2, 0) is 4.43 Å². The van der Waals surface area contributed by atoms with E-state index in [9.17, 15) is 0 Å². The Morgan fingerprint density at radius 1 is 1.50 bits per heavy atom. The van der Waals surface area contributed by atoms with E-state index in [0.29, 0.717) is 6.10 Å². The second-order valence-electron chi connectivity index (χ2n) is 3.91. The molecule has 0 radical (unpaired) electrons. The molecule has 0 aromatic carbocycles. The third-order valence-corrected chi connectivity index (χ3v) is 5.64. The van der Waals surface area contributed by atoms with Crippen LogP contribution in [0.2, 0.25) is 13.1 Å². The summed E-state index contributed by atoms with van der Waals surface area (Å²) >= 11 is 2.51. The van der Waals surface area contributed by atoms with Crippen molar-refractivity contribution in [2.24, 2.45) is 0 Å². The van der Waals surface area contributed by atoms with Crippen LogP contribution in [0.25, 0.3) is 0 Å². The summed E-state index contributed by atoms with van der Waals surface area (Å²) in [6.45, 7) is 8.25. The summed E-state index contributed by atoms with van der Waals surface area (Å²) in [6.07, 6.45) is 4.41. The van der Waals surface area contributed by atoms with Gasteiger partial charge < -0.3 is 4.43 Å².